The van der Waals surface area contributed by atoms with Crippen LogP contribution in [0.15, 0.2) is 47.2 Å². The number of hydrogen-bond acceptors (Lipinski definition) is 4. The Kier molecular flexibility index (Phi) is 5.40. The van der Waals surface area contributed by atoms with Gasteiger partial charge in [-0.3, -0.25) is 9.48 Å². The standard InChI is InChI=1S/C16H15BrClN5O2/c1-22-6-4-12(20-22)9-19-16(24)14-5-7-23(21-14)10-25-15-3-2-11(17)8-13(15)18/h2-8H,9-10H2,1H3,(H,19,24). The van der Waals surface area contributed by atoms with E-state index in [9.17, 15) is 4.79 Å². The predicted molar refractivity (Wildman–Crippen MR) is 96.4 cm³/mol. The summed E-state index contributed by atoms with van der Waals surface area (Å²) in [5.41, 5.74) is 1.09. The monoisotopic (exact) mass is 423 g/mol. The summed E-state index contributed by atoms with van der Waals surface area (Å²) in [6.07, 6.45) is 3.49. The lowest BCUT2D eigenvalue weighted by Crippen LogP contribution is -2.24. The van der Waals surface area contributed by atoms with Crippen LogP contribution in [0.1, 0.15) is 16.2 Å². The number of hydrogen-bond donors (Lipinski definition) is 1. The van der Waals surface area contributed by atoms with Crippen molar-refractivity contribution < 1.29 is 9.53 Å². The number of carbonyl (C=O) groups excluding carboxylic acids is 1. The molecule has 0 aliphatic carbocycles. The van der Waals surface area contributed by atoms with E-state index in [-0.39, 0.29) is 12.6 Å². The highest BCUT2D eigenvalue weighted by molar-refractivity contribution is 9.10. The minimum Gasteiger partial charge on any atom is -0.470 e. The molecule has 130 valence electrons. The third-order valence-electron chi connectivity index (χ3n) is 3.32. The summed E-state index contributed by atoms with van der Waals surface area (Å²) >= 11 is 9.43. The Morgan fingerprint density at radius 3 is 2.84 bits per heavy atom. The number of benzene rings is 1. The summed E-state index contributed by atoms with van der Waals surface area (Å²) < 4.78 is 9.68. The normalized spacial score (nSPS) is 10.7. The summed E-state index contributed by atoms with van der Waals surface area (Å²) in [6, 6.07) is 8.81. The summed E-state index contributed by atoms with van der Waals surface area (Å²) in [5.74, 6) is 0.271. The van der Waals surface area contributed by atoms with Crippen molar-refractivity contribution in [2.75, 3.05) is 0 Å². The van der Waals surface area contributed by atoms with Crippen LogP contribution >= 0.6 is 27.5 Å². The molecule has 9 heteroatoms. The first-order valence-electron chi connectivity index (χ1n) is 7.39. The summed E-state index contributed by atoms with van der Waals surface area (Å²) in [7, 11) is 1.82. The van der Waals surface area contributed by atoms with Gasteiger partial charge in [-0.2, -0.15) is 10.2 Å². The van der Waals surface area contributed by atoms with E-state index in [1.807, 2.05) is 25.4 Å². The van der Waals surface area contributed by atoms with Gasteiger partial charge in [0.05, 0.1) is 17.3 Å². The number of carbonyl (C=O) groups is 1. The molecule has 0 fully saturated rings. The van der Waals surface area contributed by atoms with Gasteiger partial charge in [-0.1, -0.05) is 27.5 Å². The number of rotatable bonds is 6. The zero-order valence-corrected chi connectivity index (χ0v) is 15.7. The number of nitrogens with one attached hydrogen (secondary N) is 1. The van der Waals surface area contributed by atoms with Crippen molar-refractivity contribution in [2.24, 2.45) is 7.05 Å². The van der Waals surface area contributed by atoms with Gasteiger partial charge in [0.25, 0.3) is 5.91 Å². The molecule has 0 unspecified atom stereocenters. The number of aryl methyl sites for hydroxylation is 1. The van der Waals surface area contributed by atoms with Crippen molar-refractivity contribution in [2.45, 2.75) is 13.3 Å². The van der Waals surface area contributed by atoms with Crippen LogP contribution in [0.2, 0.25) is 5.02 Å². The van der Waals surface area contributed by atoms with Crippen molar-refractivity contribution in [3.8, 4) is 5.75 Å². The molecule has 2 aromatic heterocycles. The first-order chi connectivity index (χ1) is 12.0. The fourth-order valence-electron chi connectivity index (χ4n) is 2.10. The molecule has 0 bridgehead atoms. The number of amides is 1. The molecule has 7 nitrogen and oxygen atoms in total. The van der Waals surface area contributed by atoms with Gasteiger partial charge in [0, 0.05) is 23.9 Å². The maximum absolute atomic E-state index is 12.1. The van der Waals surface area contributed by atoms with E-state index < -0.39 is 0 Å². The van der Waals surface area contributed by atoms with Crippen LogP contribution in [0.25, 0.3) is 0 Å². The lowest BCUT2D eigenvalue weighted by atomic mass is 10.3. The van der Waals surface area contributed by atoms with E-state index in [0.29, 0.717) is 23.0 Å². The van der Waals surface area contributed by atoms with Gasteiger partial charge in [0.15, 0.2) is 6.73 Å². The minimum atomic E-state index is -0.272. The van der Waals surface area contributed by atoms with Crippen molar-refractivity contribution in [3.05, 3.63) is 63.6 Å². The molecule has 1 aromatic carbocycles. The summed E-state index contributed by atoms with van der Waals surface area (Å²) in [5, 5.41) is 11.7. The molecule has 0 saturated heterocycles. The molecular weight excluding hydrogens is 410 g/mol. The molecule has 1 N–H and O–H groups in total. The van der Waals surface area contributed by atoms with Gasteiger partial charge in [-0.25, -0.2) is 4.68 Å². The lowest BCUT2D eigenvalue weighted by molar-refractivity contribution is 0.0943. The van der Waals surface area contributed by atoms with Crippen molar-refractivity contribution >= 4 is 33.4 Å². The average molecular weight is 425 g/mol. The topological polar surface area (TPSA) is 74.0 Å². The lowest BCUT2D eigenvalue weighted by Gasteiger charge is -2.08. The van der Waals surface area contributed by atoms with Crippen LogP contribution in [0, 0.1) is 0 Å². The van der Waals surface area contributed by atoms with Crippen LogP contribution < -0.4 is 10.1 Å². The van der Waals surface area contributed by atoms with E-state index in [1.54, 1.807) is 29.1 Å². The summed E-state index contributed by atoms with van der Waals surface area (Å²) in [4.78, 5) is 12.1. The SMILES string of the molecule is Cn1ccc(CNC(=O)c2ccn(COc3ccc(Br)cc3Cl)n2)n1. The number of aromatic nitrogens is 4. The molecule has 0 spiro atoms. The maximum Gasteiger partial charge on any atom is 0.272 e. The van der Waals surface area contributed by atoms with Gasteiger partial charge in [0.2, 0.25) is 0 Å². The quantitative estimate of drug-likeness (QED) is 0.660. The first kappa shape index (κ1) is 17.5. The third-order valence-corrected chi connectivity index (χ3v) is 4.11. The molecule has 0 atom stereocenters. The van der Waals surface area contributed by atoms with Gasteiger partial charge >= 0.3 is 0 Å². The maximum atomic E-state index is 12.1. The second kappa shape index (κ2) is 7.71. The van der Waals surface area contributed by atoms with Crippen LogP contribution in [0.3, 0.4) is 0 Å². The Labute approximate surface area is 157 Å². The molecule has 0 aliphatic heterocycles. The predicted octanol–water partition coefficient (Wildman–Crippen LogP) is 3.00. The van der Waals surface area contributed by atoms with Crippen molar-refractivity contribution in [1.29, 1.82) is 0 Å². The van der Waals surface area contributed by atoms with Gasteiger partial charge in [0.1, 0.15) is 11.4 Å². The van der Waals surface area contributed by atoms with Crippen LogP contribution in [-0.2, 0) is 20.3 Å². The van der Waals surface area contributed by atoms with Crippen molar-refractivity contribution in [1.82, 2.24) is 24.9 Å². The molecule has 0 saturated carbocycles. The molecule has 3 rings (SSSR count). The Morgan fingerprint density at radius 2 is 2.12 bits per heavy atom. The fraction of sp³-hybridized carbons (Fsp3) is 0.188. The van der Waals surface area contributed by atoms with Crippen molar-refractivity contribution in [3.63, 3.8) is 0 Å². The largest absolute Gasteiger partial charge is 0.470 e. The minimum absolute atomic E-state index is 0.148. The summed E-state index contributed by atoms with van der Waals surface area (Å²) in [6.45, 7) is 0.492. The molecular formula is C16H15BrClN5O2. The third kappa shape index (κ3) is 4.61. The second-order valence-electron chi connectivity index (χ2n) is 5.25. The zero-order valence-electron chi connectivity index (χ0n) is 13.3. The zero-order chi connectivity index (χ0) is 17.8. The molecule has 2 heterocycles. The molecule has 1 amide bonds. The van der Waals surface area contributed by atoms with E-state index in [2.05, 4.69) is 31.4 Å². The van der Waals surface area contributed by atoms with Gasteiger partial charge < -0.3 is 10.1 Å². The Hall–Kier alpha value is -2.32. The molecule has 0 radical (unpaired) electrons. The fourth-order valence-corrected chi connectivity index (χ4v) is 2.83. The van der Waals surface area contributed by atoms with Gasteiger partial charge in [-0.05, 0) is 30.3 Å². The number of halogens is 2. The highest BCUT2D eigenvalue weighted by Crippen LogP contribution is 2.27. The number of nitrogens with zero attached hydrogens (tertiary/aromatic N) is 4. The highest BCUT2D eigenvalue weighted by atomic mass is 79.9. The molecule has 3 aromatic rings. The average Bonchev–Trinajstić information content (AvgIpc) is 3.21. The van der Waals surface area contributed by atoms with Crippen LogP contribution in [0.4, 0.5) is 0 Å². The number of ether oxygens (including phenoxy) is 1. The second-order valence-corrected chi connectivity index (χ2v) is 6.57. The van der Waals surface area contributed by atoms with E-state index in [4.69, 9.17) is 16.3 Å². The molecule has 25 heavy (non-hydrogen) atoms. The van der Waals surface area contributed by atoms with Crippen LogP contribution in [0.5, 0.6) is 5.75 Å². The first-order valence-corrected chi connectivity index (χ1v) is 8.56. The van der Waals surface area contributed by atoms with E-state index in [0.717, 1.165) is 10.2 Å². The molecule has 0 aliphatic rings. The van der Waals surface area contributed by atoms with Gasteiger partial charge in [-0.15, -0.1) is 0 Å². The van der Waals surface area contributed by atoms with E-state index in [1.165, 1.54) is 4.68 Å². The van der Waals surface area contributed by atoms with Crippen LogP contribution in [-0.4, -0.2) is 25.5 Å². The Morgan fingerprint density at radius 1 is 1.28 bits per heavy atom. The Bertz CT molecular complexity index is 892. The van der Waals surface area contributed by atoms with E-state index >= 15 is 0 Å². The highest BCUT2D eigenvalue weighted by Gasteiger charge is 2.10. The smallest absolute Gasteiger partial charge is 0.272 e. The Balaban J connectivity index is 1.55.